The van der Waals surface area contributed by atoms with E-state index in [1.165, 1.54) is 0 Å². The Morgan fingerprint density at radius 2 is 1.82 bits per heavy atom. The molecule has 0 saturated heterocycles. The largest absolute Gasteiger partial charge is 0.395 e. The zero-order valence-corrected chi connectivity index (χ0v) is 15.1. The minimum Gasteiger partial charge on any atom is -0.352 e. The van der Waals surface area contributed by atoms with E-state index in [0.717, 1.165) is 25.0 Å². The second-order valence-electron chi connectivity index (χ2n) is 7.00. The summed E-state index contributed by atoms with van der Waals surface area (Å²) in [6, 6.07) is 3.70. The van der Waals surface area contributed by atoms with Crippen molar-refractivity contribution in [3.63, 3.8) is 0 Å². The fraction of sp³-hybridized carbons (Fsp3) is 0.278. The van der Waals surface area contributed by atoms with Gasteiger partial charge in [-0.3, -0.25) is 4.98 Å². The molecule has 0 aliphatic carbocycles. The van der Waals surface area contributed by atoms with Gasteiger partial charge >= 0.3 is 6.18 Å². The summed E-state index contributed by atoms with van der Waals surface area (Å²) in [7, 11) is 0. The second kappa shape index (κ2) is 6.39. The van der Waals surface area contributed by atoms with Crippen molar-refractivity contribution >= 4 is 22.6 Å². The van der Waals surface area contributed by atoms with Crippen molar-refractivity contribution in [1.82, 2.24) is 29.5 Å². The maximum absolute atomic E-state index is 13.0. The number of hydrogen-bond acceptors (Lipinski definition) is 6. The SMILES string of the molecule is CC(C)(CNc1ncc2c(-c3cnc4nccnc4c3)ccn2n1)C(F)(F)F. The molecule has 4 heterocycles. The Balaban J connectivity index is 1.62. The quantitative estimate of drug-likeness (QED) is 0.575. The van der Waals surface area contributed by atoms with Crippen LogP contribution in [0.3, 0.4) is 0 Å². The number of nitrogens with one attached hydrogen (secondary N) is 1. The first-order valence-corrected chi connectivity index (χ1v) is 8.47. The molecule has 0 fully saturated rings. The lowest BCUT2D eigenvalue weighted by atomic mass is 9.93. The molecule has 0 atom stereocenters. The lowest BCUT2D eigenvalue weighted by Crippen LogP contribution is -2.38. The van der Waals surface area contributed by atoms with Gasteiger partial charge in [0.1, 0.15) is 5.52 Å². The van der Waals surface area contributed by atoms with Gasteiger partial charge in [-0.15, -0.1) is 5.10 Å². The summed E-state index contributed by atoms with van der Waals surface area (Å²) in [4.78, 5) is 16.8. The van der Waals surface area contributed by atoms with Crippen LogP contribution in [0.15, 0.2) is 43.1 Å². The van der Waals surface area contributed by atoms with Crippen LogP contribution in [0.1, 0.15) is 13.8 Å². The number of pyridine rings is 1. The summed E-state index contributed by atoms with van der Waals surface area (Å²) >= 11 is 0. The Bertz CT molecular complexity index is 1150. The van der Waals surface area contributed by atoms with Gasteiger partial charge in [-0.1, -0.05) is 0 Å². The van der Waals surface area contributed by atoms with E-state index in [1.807, 2.05) is 12.1 Å². The van der Waals surface area contributed by atoms with E-state index in [0.29, 0.717) is 16.7 Å². The van der Waals surface area contributed by atoms with E-state index in [4.69, 9.17) is 0 Å². The van der Waals surface area contributed by atoms with Crippen molar-refractivity contribution in [1.29, 1.82) is 0 Å². The Labute approximate surface area is 157 Å². The number of rotatable bonds is 4. The number of halogens is 3. The maximum Gasteiger partial charge on any atom is 0.395 e. The molecule has 0 unspecified atom stereocenters. The molecule has 0 spiro atoms. The van der Waals surface area contributed by atoms with Gasteiger partial charge in [0.25, 0.3) is 0 Å². The fourth-order valence-corrected chi connectivity index (χ4v) is 2.63. The first-order chi connectivity index (χ1) is 13.2. The van der Waals surface area contributed by atoms with Crippen LogP contribution in [0.2, 0.25) is 0 Å². The van der Waals surface area contributed by atoms with E-state index in [2.05, 4.69) is 30.4 Å². The number of anilines is 1. The zero-order chi connectivity index (χ0) is 19.9. The number of hydrogen-bond donors (Lipinski definition) is 1. The molecule has 4 aromatic rings. The smallest absolute Gasteiger partial charge is 0.352 e. The molecule has 4 rings (SSSR count). The van der Waals surface area contributed by atoms with Crippen molar-refractivity contribution in [3.8, 4) is 11.1 Å². The van der Waals surface area contributed by atoms with E-state index in [9.17, 15) is 13.2 Å². The van der Waals surface area contributed by atoms with Crippen molar-refractivity contribution in [2.45, 2.75) is 20.0 Å². The summed E-state index contributed by atoms with van der Waals surface area (Å²) in [5.74, 6) is 0.120. The third kappa shape index (κ3) is 3.21. The molecule has 0 aliphatic rings. The van der Waals surface area contributed by atoms with Crippen LogP contribution >= 0.6 is 0 Å². The number of alkyl halides is 3. The highest BCUT2D eigenvalue weighted by molar-refractivity contribution is 5.84. The van der Waals surface area contributed by atoms with Crippen molar-refractivity contribution in [3.05, 3.63) is 43.1 Å². The van der Waals surface area contributed by atoms with E-state index < -0.39 is 11.6 Å². The highest BCUT2D eigenvalue weighted by Crippen LogP contribution is 2.37. The van der Waals surface area contributed by atoms with Gasteiger partial charge in [-0.25, -0.2) is 19.5 Å². The molecule has 0 saturated carbocycles. The Hall–Kier alpha value is -3.30. The Morgan fingerprint density at radius 3 is 2.61 bits per heavy atom. The van der Waals surface area contributed by atoms with Gasteiger partial charge in [0, 0.05) is 42.5 Å². The van der Waals surface area contributed by atoms with Gasteiger partial charge in [-0.2, -0.15) is 13.2 Å². The maximum atomic E-state index is 13.0. The number of aromatic nitrogens is 6. The van der Waals surface area contributed by atoms with Gasteiger partial charge in [-0.05, 0) is 26.0 Å². The van der Waals surface area contributed by atoms with Gasteiger partial charge in [0.15, 0.2) is 5.65 Å². The topological polar surface area (TPSA) is 80.9 Å². The van der Waals surface area contributed by atoms with Crippen molar-refractivity contribution in [2.75, 3.05) is 11.9 Å². The molecular formula is C18H16F3N7. The third-order valence-electron chi connectivity index (χ3n) is 4.51. The van der Waals surface area contributed by atoms with Crippen LogP contribution in [0.5, 0.6) is 0 Å². The standard InChI is InChI=1S/C18H16F3N7/c1-17(2,18(19,20)21)10-26-16-25-9-14-12(3-6-28(14)27-16)11-7-13-15(24-8-11)23-5-4-22-13/h3-9H,10H2,1-2H3,(H,26,27). The zero-order valence-electron chi connectivity index (χ0n) is 15.1. The molecule has 0 amide bonds. The predicted molar refractivity (Wildman–Crippen MR) is 97.6 cm³/mol. The summed E-state index contributed by atoms with van der Waals surface area (Å²) in [6.07, 6.45) is 3.81. The highest BCUT2D eigenvalue weighted by Gasteiger charge is 2.47. The molecule has 0 aliphatic heterocycles. The first kappa shape index (κ1) is 18.1. The molecule has 28 heavy (non-hydrogen) atoms. The third-order valence-corrected chi connectivity index (χ3v) is 4.51. The van der Waals surface area contributed by atoms with Crippen molar-refractivity contribution in [2.24, 2.45) is 5.41 Å². The van der Waals surface area contributed by atoms with Crippen molar-refractivity contribution < 1.29 is 13.2 Å². The minimum absolute atomic E-state index is 0.120. The lowest BCUT2D eigenvalue weighted by molar-refractivity contribution is -0.206. The highest BCUT2D eigenvalue weighted by atomic mass is 19.4. The van der Waals surface area contributed by atoms with E-state index in [-0.39, 0.29) is 12.5 Å². The molecule has 0 aromatic carbocycles. The Kier molecular flexibility index (Phi) is 4.13. The number of nitrogens with zero attached hydrogens (tertiary/aromatic N) is 6. The average molecular weight is 387 g/mol. The van der Waals surface area contributed by atoms with Gasteiger partial charge in [0.05, 0.1) is 17.1 Å². The summed E-state index contributed by atoms with van der Waals surface area (Å²) in [5, 5.41) is 6.91. The average Bonchev–Trinajstić information content (AvgIpc) is 3.08. The normalized spacial score (nSPS) is 12.6. The Morgan fingerprint density at radius 1 is 1.04 bits per heavy atom. The summed E-state index contributed by atoms with van der Waals surface area (Å²) < 4.78 is 40.5. The van der Waals surface area contributed by atoms with Crippen LogP contribution in [0, 0.1) is 5.41 Å². The molecule has 10 heteroatoms. The minimum atomic E-state index is -4.32. The van der Waals surface area contributed by atoms with E-state index in [1.54, 1.807) is 35.5 Å². The molecule has 0 bridgehead atoms. The molecule has 144 valence electrons. The number of fused-ring (bicyclic) bond motifs is 2. The lowest BCUT2D eigenvalue weighted by Gasteiger charge is -2.27. The first-order valence-electron chi connectivity index (χ1n) is 8.47. The molecule has 0 radical (unpaired) electrons. The van der Waals surface area contributed by atoms with Crippen LogP contribution in [0.4, 0.5) is 19.1 Å². The fourth-order valence-electron chi connectivity index (χ4n) is 2.63. The summed E-state index contributed by atoms with van der Waals surface area (Å²) in [5.41, 5.74) is 1.66. The van der Waals surface area contributed by atoms with Crippen LogP contribution < -0.4 is 5.32 Å². The van der Waals surface area contributed by atoms with Crippen LogP contribution in [0.25, 0.3) is 27.8 Å². The second-order valence-corrected chi connectivity index (χ2v) is 7.00. The van der Waals surface area contributed by atoms with E-state index >= 15 is 0 Å². The summed E-state index contributed by atoms with van der Waals surface area (Å²) in [6.45, 7) is 1.92. The molecule has 7 nitrogen and oxygen atoms in total. The molecule has 4 aromatic heterocycles. The van der Waals surface area contributed by atoms with Gasteiger partial charge < -0.3 is 5.32 Å². The molecule has 1 N–H and O–H groups in total. The van der Waals surface area contributed by atoms with Crippen LogP contribution in [-0.2, 0) is 0 Å². The predicted octanol–water partition coefficient (Wildman–Crippen LogP) is 3.73. The van der Waals surface area contributed by atoms with Crippen LogP contribution in [-0.4, -0.2) is 42.3 Å². The van der Waals surface area contributed by atoms with Gasteiger partial charge in [0.2, 0.25) is 5.95 Å². The monoisotopic (exact) mass is 387 g/mol. The molecular weight excluding hydrogens is 371 g/mol.